The average Bonchev–Trinajstić information content (AvgIpc) is 2.46. The quantitative estimate of drug-likeness (QED) is 0.590. The number of carbonyl (C=O) groups excluding carboxylic acids is 2. The molecule has 5 nitrogen and oxygen atoms in total. The van der Waals surface area contributed by atoms with Gasteiger partial charge in [0.1, 0.15) is 0 Å². The van der Waals surface area contributed by atoms with Gasteiger partial charge in [-0.2, -0.15) is 0 Å². The van der Waals surface area contributed by atoms with E-state index in [0.717, 1.165) is 42.0 Å². The highest BCUT2D eigenvalue weighted by Gasteiger charge is 2.13. The molecule has 1 atom stereocenters. The van der Waals surface area contributed by atoms with E-state index in [9.17, 15) is 9.59 Å². The number of unbranched alkanes of at least 4 members (excludes halogenated alkanes) is 2. The highest BCUT2D eigenvalue weighted by molar-refractivity contribution is 5.91. The maximum Gasteiger partial charge on any atom is 0.279 e. The third-order valence-corrected chi connectivity index (χ3v) is 3.36. The van der Waals surface area contributed by atoms with Crippen molar-refractivity contribution >= 4 is 17.5 Å². The fourth-order valence-electron chi connectivity index (χ4n) is 2.12. The first kappa shape index (κ1) is 18.2. The van der Waals surface area contributed by atoms with Gasteiger partial charge >= 0.3 is 0 Å². The van der Waals surface area contributed by atoms with Gasteiger partial charge in [-0.1, -0.05) is 37.5 Å². The Morgan fingerprint density at radius 1 is 1.05 bits per heavy atom. The molecule has 0 saturated carbocycles. The van der Waals surface area contributed by atoms with E-state index in [0.29, 0.717) is 6.54 Å². The van der Waals surface area contributed by atoms with Crippen molar-refractivity contribution in [3.63, 3.8) is 0 Å². The number of quaternary nitrogens is 1. The molecule has 0 fully saturated rings. The van der Waals surface area contributed by atoms with E-state index in [4.69, 9.17) is 0 Å². The van der Waals surface area contributed by atoms with Crippen molar-refractivity contribution in [1.82, 2.24) is 5.32 Å². The van der Waals surface area contributed by atoms with Crippen molar-refractivity contribution in [1.29, 1.82) is 0 Å². The van der Waals surface area contributed by atoms with Gasteiger partial charge in [0.05, 0.1) is 7.05 Å². The van der Waals surface area contributed by atoms with Crippen LogP contribution in [0.4, 0.5) is 5.69 Å². The second-order valence-electron chi connectivity index (χ2n) is 5.78. The Hall–Kier alpha value is -1.88. The van der Waals surface area contributed by atoms with Crippen LogP contribution in [-0.4, -0.2) is 38.5 Å². The highest BCUT2D eigenvalue weighted by Crippen LogP contribution is 2.07. The van der Waals surface area contributed by atoms with Crippen LogP contribution in [0.1, 0.15) is 31.7 Å². The van der Waals surface area contributed by atoms with Crippen LogP contribution in [-0.2, 0) is 9.59 Å². The Balaban J connectivity index is 2.25. The number of amides is 2. The summed E-state index contributed by atoms with van der Waals surface area (Å²) in [5.41, 5.74) is 1.94. The zero-order chi connectivity index (χ0) is 16.4. The van der Waals surface area contributed by atoms with Crippen LogP contribution in [0, 0.1) is 6.92 Å². The van der Waals surface area contributed by atoms with E-state index in [1.165, 1.54) is 0 Å². The Labute approximate surface area is 133 Å². The lowest BCUT2D eigenvalue weighted by atomic mass is 10.2. The lowest BCUT2D eigenvalue weighted by molar-refractivity contribution is -0.862. The summed E-state index contributed by atoms with van der Waals surface area (Å²) in [6.45, 7) is 5.44. The molecule has 2 amide bonds. The smallest absolute Gasteiger partial charge is 0.279 e. The number of anilines is 1. The fourth-order valence-corrected chi connectivity index (χ4v) is 2.12. The largest absolute Gasteiger partial charge is 0.351 e. The first-order chi connectivity index (χ1) is 10.5. The number of aryl methyl sites for hydroxylation is 1. The maximum absolute atomic E-state index is 11.9. The van der Waals surface area contributed by atoms with Crippen molar-refractivity contribution in [3.8, 4) is 0 Å². The third kappa shape index (κ3) is 7.78. The minimum atomic E-state index is -0.0832. The molecule has 122 valence electrons. The van der Waals surface area contributed by atoms with Crippen molar-refractivity contribution in [2.45, 2.75) is 33.1 Å². The number of hydrogen-bond donors (Lipinski definition) is 3. The van der Waals surface area contributed by atoms with E-state index in [2.05, 4.69) is 17.6 Å². The Morgan fingerprint density at radius 2 is 1.68 bits per heavy atom. The van der Waals surface area contributed by atoms with E-state index < -0.39 is 0 Å². The summed E-state index contributed by atoms with van der Waals surface area (Å²) in [7, 11) is 1.85. The molecule has 0 spiro atoms. The van der Waals surface area contributed by atoms with Crippen molar-refractivity contribution in [2.75, 3.05) is 32.0 Å². The number of likely N-dealkylation sites (N-methyl/N-ethyl adjacent to an activating group) is 1. The normalized spacial score (nSPS) is 11.8. The van der Waals surface area contributed by atoms with Gasteiger partial charge < -0.3 is 15.5 Å². The zero-order valence-electron chi connectivity index (χ0n) is 13.9. The molecular weight excluding hydrogens is 278 g/mol. The number of benzene rings is 1. The van der Waals surface area contributed by atoms with Gasteiger partial charge in [-0.25, -0.2) is 0 Å². The van der Waals surface area contributed by atoms with Crippen LogP contribution >= 0.6 is 0 Å². The van der Waals surface area contributed by atoms with Gasteiger partial charge in [-0.15, -0.1) is 0 Å². The van der Waals surface area contributed by atoms with Crippen LogP contribution in [0.25, 0.3) is 0 Å². The van der Waals surface area contributed by atoms with Crippen molar-refractivity contribution in [2.24, 2.45) is 0 Å². The minimum absolute atomic E-state index is 0.00302. The lowest BCUT2D eigenvalue weighted by Crippen LogP contribution is -3.11. The Bertz CT molecular complexity index is 471. The zero-order valence-corrected chi connectivity index (χ0v) is 13.9. The van der Waals surface area contributed by atoms with E-state index >= 15 is 0 Å². The van der Waals surface area contributed by atoms with Gasteiger partial charge in [0.2, 0.25) is 0 Å². The van der Waals surface area contributed by atoms with Gasteiger partial charge in [0.25, 0.3) is 11.8 Å². The van der Waals surface area contributed by atoms with Gasteiger partial charge in [-0.05, 0) is 25.5 Å². The van der Waals surface area contributed by atoms with E-state index in [-0.39, 0.29) is 18.4 Å². The van der Waals surface area contributed by atoms with Crippen LogP contribution in [0.3, 0.4) is 0 Å². The molecule has 0 aliphatic heterocycles. The molecule has 3 N–H and O–H groups in total. The summed E-state index contributed by atoms with van der Waals surface area (Å²) in [6.07, 6.45) is 3.28. The fraction of sp³-hybridized carbons (Fsp3) is 0.529. The van der Waals surface area contributed by atoms with E-state index in [1.54, 1.807) is 0 Å². The molecule has 1 aromatic rings. The predicted octanol–water partition coefficient (Wildman–Crippen LogP) is 0.755. The molecular formula is C17H28N3O2+. The van der Waals surface area contributed by atoms with Gasteiger partial charge in [0.15, 0.2) is 13.1 Å². The van der Waals surface area contributed by atoms with Crippen LogP contribution < -0.4 is 15.5 Å². The van der Waals surface area contributed by atoms with Crippen LogP contribution in [0.5, 0.6) is 0 Å². The second-order valence-corrected chi connectivity index (χ2v) is 5.78. The number of carbonyl (C=O) groups is 2. The molecule has 0 bridgehead atoms. The van der Waals surface area contributed by atoms with Crippen molar-refractivity contribution < 1.29 is 14.5 Å². The first-order valence-electron chi connectivity index (χ1n) is 7.95. The molecule has 22 heavy (non-hydrogen) atoms. The first-order valence-corrected chi connectivity index (χ1v) is 7.95. The Kier molecular flexibility index (Phi) is 8.22. The maximum atomic E-state index is 11.9. The molecule has 0 radical (unpaired) electrons. The molecule has 5 heteroatoms. The summed E-state index contributed by atoms with van der Waals surface area (Å²) in [4.78, 5) is 24.5. The van der Waals surface area contributed by atoms with Crippen LogP contribution in [0.15, 0.2) is 24.3 Å². The summed E-state index contributed by atoms with van der Waals surface area (Å²) in [5.74, 6) is -0.0862. The van der Waals surface area contributed by atoms with Crippen molar-refractivity contribution in [3.05, 3.63) is 29.8 Å². The molecule has 1 unspecified atom stereocenters. The minimum Gasteiger partial charge on any atom is -0.351 e. The number of nitrogens with one attached hydrogen (secondary N) is 3. The lowest BCUT2D eigenvalue weighted by Gasteiger charge is -2.13. The highest BCUT2D eigenvalue weighted by atomic mass is 16.2. The summed E-state index contributed by atoms with van der Waals surface area (Å²) >= 11 is 0. The predicted molar refractivity (Wildman–Crippen MR) is 89.0 cm³/mol. The standard InChI is InChI=1S/C17H27N3O2/c1-4-5-6-11-18-16(21)12-20(3)13-17(22)19-15-9-7-14(2)8-10-15/h7-10H,4-6,11-13H2,1-3H3,(H,18,21)(H,19,22)/p+1. The molecule has 0 saturated heterocycles. The topological polar surface area (TPSA) is 62.6 Å². The third-order valence-electron chi connectivity index (χ3n) is 3.36. The second kappa shape index (κ2) is 9.95. The summed E-state index contributed by atoms with van der Waals surface area (Å²) in [5, 5.41) is 5.73. The number of rotatable bonds is 9. The number of hydrogen-bond acceptors (Lipinski definition) is 2. The van der Waals surface area contributed by atoms with Crippen LogP contribution in [0.2, 0.25) is 0 Å². The molecule has 0 aliphatic carbocycles. The average molecular weight is 306 g/mol. The summed E-state index contributed by atoms with van der Waals surface area (Å²) < 4.78 is 0. The van der Waals surface area contributed by atoms with Gasteiger partial charge in [-0.3, -0.25) is 9.59 Å². The monoisotopic (exact) mass is 306 g/mol. The molecule has 0 aliphatic rings. The SMILES string of the molecule is CCCCCNC(=O)C[NH+](C)CC(=O)Nc1ccc(C)cc1. The molecule has 1 aromatic carbocycles. The van der Waals surface area contributed by atoms with E-state index in [1.807, 2.05) is 38.2 Å². The molecule has 0 aromatic heterocycles. The molecule has 1 rings (SSSR count). The summed E-state index contributed by atoms with van der Waals surface area (Å²) in [6, 6.07) is 7.66. The Morgan fingerprint density at radius 3 is 2.32 bits per heavy atom. The molecule has 0 heterocycles. The van der Waals surface area contributed by atoms with Gasteiger partial charge in [0, 0.05) is 12.2 Å².